The Hall–Kier alpha value is -1.55. The van der Waals surface area contributed by atoms with Crippen molar-refractivity contribution in [2.75, 3.05) is 7.05 Å². The number of amides is 1. The first-order chi connectivity index (χ1) is 11.5. The van der Waals surface area contributed by atoms with Gasteiger partial charge in [0.05, 0.1) is 40.2 Å². The fourth-order valence-electron chi connectivity index (χ4n) is 2.24. The van der Waals surface area contributed by atoms with Crippen molar-refractivity contribution in [3.8, 4) is 0 Å². The van der Waals surface area contributed by atoms with E-state index in [9.17, 15) is 18.0 Å². The maximum Gasteiger partial charge on any atom is 0.436 e. The van der Waals surface area contributed by atoms with E-state index < -0.39 is 16.9 Å². The van der Waals surface area contributed by atoms with Gasteiger partial charge in [-0.2, -0.15) is 23.4 Å². The summed E-state index contributed by atoms with van der Waals surface area (Å²) in [4.78, 5) is 13.7. The van der Waals surface area contributed by atoms with E-state index in [1.807, 2.05) is 0 Å². The summed E-state index contributed by atoms with van der Waals surface area (Å²) in [5, 5.41) is 7.11. The van der Waals surface area contributed by atoms with Gasteiger partial charge >= 0.3 is 6.18 Å². The molecule has 0 atom stereocenters. The number of hydrogen-bond acceptors (Lipinski definition) is 3. The standard InChI is InChI=1S/C14H16BrClF3N5O/c1-8-12(16)13(14(17,18)19)21-24(8)5-4-11(25)22(2)7-10-9(15)6-20-23(10)3/h6H,4-5,7H2,1-3H3. The summed E-state index contributed by atoms with van der Waals surface area (Å²) in [5.41, 5.74) is -0.140. The van der Waals surface area contributed by atoms with Gasteiger partial charge < -0.3 is 4.90 Å². The molecule has 2 rings (SSSR count). The van der Waals surface area contributed by atoms with Crippen molar-refractivity contribution in [3.05, 3.63) is 32.8 Å². The summed E-state index contributed by atoms with van der Waals surface area (Å²) in [6, 6.07) is 0. The lowest BCUT2D eigenvalue weighted by molar-refractivity contribution is -0.141. The van der Waals surface area contributed by atoms with Crippen LogP contribution in [0.2, 0.25) is 5.02 Å². The lowest BCUT2D eigenvalue weighted by Crippen LogP contribution is -2.28. The van der Waals surface area contributed by atoms with E-state index in [4.69, 9.17) is 11.6 Å². The van der Waals surface area contributed by atoms with Crippen LogP contribution in [-0.2, 0) is 31.1 Å². The molecular formula is C14H16BrClF3N5O. The summed E-state index contributed by atoms with van der Waals surface area (Å²) in [5.74, 6) is -0.229. The van der Waals surface area contributed by atoms with Crippen LogP contribution in [0.1, 0.15) is 23.5 Å². The summed E-state index contributed by atoms with van der Waals surface area (Å²) >= 11 is 9.05. The van der Waals surface area contributed by atoms with Crippen LogP contribution in [-0.4, -0.2) is 37.4 Å². The van der Waals surface area contributed by atoms with Crippen LogP contribution in [0.4, 0.5) is 13.2 Å². The zero-order chi connectivity index (χ0) is 18.9. The molecule has 138 valence electrons. The molecule has 6 nitrogen and oxygen atoms in total. The van der Waals surface area contributed by atoms with Crippen molar-refractivity contribution in [3.63, 3.8) is 0 Å². The topological polar surface area (TPSA) is 56.0 Å². The Bertz CT molecular complexity index is 767. The van der Waals surface area contributed by atoms with Crippen molar-refractivity contribution in [2.45, 2.75) is 32.6 Å². The highest BCUT2D eigenvalue weighted by Gasteiger charge is 2.38. The first kappa shape index (κ1) is 19.8. The summed E-state index contributed by atoms with van der Waals surface area (Å²) in [6.07, 6.45) is -3.00. The Morgan fingerprint density at radius 2 is 2.08 bits per heavy atom. The molecule has 0 radical (unpaired) electrons. The van der Waals surface area contributed by atoms with Gasteiger partial charge in [0.25, 0.3) is 0 Å². The van der Waals surface area contributed by atoms with Gasteiger partial charge in [-0.05, 0) is 22.9 Å². The van der Waals surface area contributed by atoms with Crippen LogP contribution in [0.5, 0.6) is 0 Å². The Morgan fingerprint density at radius 3 is 2.56 bits per heavy atom. The Labute approximate surface area is 155 Å². The molecular weight excluding hydrogens is 427 g/mol. The van der Waals surface area contributed by atoms with Crippen molar-refractivity contribution in [1.82, 2.24) is 24.5 Å². The number of halogens is 5. The summed E-state index contributed by atoms with van der Waals surface area (Å²) < 4.78 is 41.9. The lowest BCUT2D eigenvalue weighted by Gasteiger charge is -2.18. The molecule has 2 aromatic heterocycles. The van der Waals surface area contributed by atoms with E-state index >= 15 is 0 Å². The van der Waals surface area contributed by atoms with E-state index in [2.05, 4.69) is 26.1 Å². The van der Waals surface area contributed by atoms with Crippen molar-refractivity contribution < 1.29 is 18.0 Å². The molecule has 0 aliphatic rings. The Balaban J connectivity index is 2.03. The predicted octanol–water partition coefficient (Wildman–Crippen LogP) is 3.41. The van der Waals surface area contributed by atoms with Gasteiger partial charge in [-0.25, -0.2) is 0 Å². The van der Waals surface area contributed by atoms with Crippen LogP contribution in [0, 0.1) is 6.92 Å². The molecule has 25 heavy (non-hydrogen) atoms. The molecule has 0 unspecified atom stereocenters. The second-order valence-corrected chi connectivity index (χ2v) is 6.76. The largest absolute Gasteiger partial charge is 0.436 e. The molecule has 0 bridgehead atoms. The first-order valence-electron chi connectivity index (χ1n) is 7.22. The zero-order valence-electron chi connectivity index (χ0n) is 13.7. The highest BCUT2D eigenvalue weighted by Crippen LogP contribution is 2.35. The second-order valence-electron chi connectivity index (χ2n) is 5.53. The SMILES string of the molecule is Cc1c(Cl)c(C(F)(F)F)nn1CCC(=O)N(C)Cc1c(Br)cnn1C. The van der Waals surface area contributed by atoms with Crippen LogP contribution >= 0.6 is 27.5 Å². The minimum atomic E-state index is -4.63. The fraction of sp³-hybridized carbons (Fsp3) is 0.500. The maximum absolute atomic E-state index is 12.8. The summed E-state index contributed by atoms with van der Waals surface area (Å²) in [7, 11) is 3.37. The van der Waals surface area contributed by atoms with Gasteiger partial charge in [0.1, 0.15) is 0 Å². The molecule has 0 N–H and O–H groups in total. The maximum atomic E-state index is 12.8. The molecule has 0 saturated carbocycles. The summed E-state index contributed by atoms with van der Waals surface area (Å²) in [6.45, 7) is 1.77. The molecule has 0 aliphatic heterocycles. The molecule has 2 heterocycles. The Kier molecular flexibility index (Phi) is 5.82. The van der Waals surface area contributed by atoms with E-state index in [0.717, 1.165) is 14.8 Å². The number of carbonyl (C=O) groups excluding carboxylic acids is 1. The number of aromatic nitrogens is 4. The van der Waals surface area contributed by atoms with Crippen LogP contribution in [0.15, 0.2) is 10.7 Å². The quantitative estimate of drug-likeness (QED) is 0.713. The van der Waals surface area contributed by atoms with Crippen molar-refractivity contribution in [2.24, 2.45) is 7.05 Å². The van der Waals surface area contributed by atoms with E-state index in [1.165, 1.54) is 11.8 Å². The highest BCUT2D eigenvalue weighted by molar-refractivity contribution is 9.10. The van der Waals surface area contributed by atoms with Gasteiger partial charge in [-0.1, -0.05) is 11.6 Å². The number of hydrogen-bond donors (Lipinski definition) is 0. The second kappa shape index (κ2) is 7.36. The first-order valence-corrected chi connectivity index (χ1v) is 8.40. The monoisotopic (exact) mass is 441 g/mol. The van der Waals surface area contributed by atoms with Gasteiger partial charge in [-0.3, -0.25) is 14.2 Å². The Morgan fingerprint density at radius 1 is 1.44 bits per heavy atom. The molecule has 1 amide bonds. The van der Waals surface area contributed by atoms with Gasteiger partial charge in [-0.15, -0.1) is 0 Å². The molecule has 0 fully saturated rings. The lowest BCUT2D eigenvalue weighted by atomic mass is 10.3. The number of rotatable bonds is 5. The van der Waals surface area contributed by atoms with Crippen LogP contribution in [0.25, 0.3) is 0 Å². The highest BCUT2D eigenvalue weighted by atomic mass is 79.9. The number of alkyl halides is 3. The minimum Gasteiger partial charge on any atom is -0.340 e. The third kappa shape index (κ3) is 4.35. The molecule has 11 heteroatoms. The fourth-order valence-corrected chi connectivity index (χ4v) is 2.96. The van der Waals surface area contributed by atoms with E-state index in [-0.39, 0.29) is 24.6 Å². The predicted molar refractivity (Wildman–Crippen MR) is 89.0 cm³/mol. The average molecular weight is 443 g/mol. The van der Waals surface area contributed by atoms with E-state index in [0.29, 0.717) is 6.54 Å². The van der Waals surface area contributed by atoms with Crippen LogP contribution in [0.3, 0.4) is 0 Å². The molecule has 2 aromatic rings. The normalized spacial score (nSPS) is 11.8. The average Bonchev–Trinajstić information content (AvgIpc) is 2.99. The van der Waals surface area contributed by atoms with Gasteiger partial charge in [0.15, 0.2) is 5.69 Å². The smallest absolute Gasteiger partial charge is 0.340 e. The zero-order valence-corrected chi connectivity index (χ0v) is 16.1. The number of nitrogens with zero attached hydrogens (tertiary/aromatic N) is 5. The van der Waals surface area contributed by atoms with Gasteiger partial charge in [0.2, 0.25) is 5.91 Å². The van der Waals surface area contributed by atoms with Crippen LogP contribution < -0.4 is 0 Å². The third-order valence-electron chi connectivity index (χ3n) is 3.76. The van der Waals surface area contributed by atoms with Crippen molar-refractivity contribution in [1.29, 1.82) is 0 Å². The molecule has 0 aliphatic carbocycles. The molecule has 0 spiro atoms. The van der Waals surface area contributed by atoms with Crippen molar-refractivity contribution >= 4 is 33.4 Å². The molecule has 0 saturated heterocycles. The van der Waals surface area contributed by atoms with Gasteiger partial charge in [0, 0.05) is 20.5 Å². The third-order valence-corrected chi connectivity index (χ3v) is 4.88. The minimum absolute atomic E-state index is 0.00210. The van der Waals surface area contributed by atoms with E-state index in [1.54, 1.807) is 25.0 Å². The molecule has 0 aromatic carbocycles. The number of aryl methyl sites for hydroxylation is 2. The number of carbonyl (C=O) groups is 1.